The molecule has 3 nitrogen and oxygen atoms in total. The highest BCUT2D eigenvalue weighted by molar-refractivity contribution is 7.85. The molecule has 1 aromatic rings. The molecule has 0 amide bonds. The largest absolute Gasteiger partial charge is 0.294 e. The fraction of sp³-hybridized carbons (Fsp3) is 0.455. The maximum atomic E-state index is 10.5. The van der Waals surface area contributed by atoms with Crippen molar-refractivity contribution in [2.24, 2.45) is 0 Å². The van der Waals surface area contributed by atoms with E-state index in [9.17, 15) is 8.42 Å². The van der Waals surface area contributed by atoms with Crippen LogP contribution in [0.3, 0.4) is 0 Å². The predicted molar refractivity (Wildman–Crippen MR) is 70.6 cm³/mol. The lowest BCUT2D eigenvalue weighted by Gasteiger charge is -2.05. The van der Waals surface area contributed by atoms with Crippen molar-refractivity contribution < 1.29 is 13.0 Å². The molecule has 5 heteroatoms. The van der Waals surface area contributed by atoms with Gasteiger partial charge in [0.05, 0.1) is 4.90 Å². The Labute approximate surface area is 101 Å². The molecule has 0 aliphatic heterocycles. The Balaban J connectivity index is 0.000000380. The Kier molecular flexibility index (Phi) is 6.81. The van der Waals surface area contributed by atoms with Crippen LogP contribution in [0.4, 0.5) is 0 Å². The first-order chi connectivity index (χ1) is 7.00. The lowest BCUT2D eigenvalue weighted by Crippen LogP contribution is -1.96. The summed E-state index contributed by atoms with van der Waals surface area (Å²) < 4.78 is 29.6. The molecule has 1 aromatic carbocycles. The average Bonchev–Trinajstić information content (AvgIpc) is 1.99. The molecule has 1 unspecified atom stereocenters. The zero-order chi connectivity index (χ0) is 11.3. The summed E-state index contributed by atoms with van der Waals surface area (Å²) in [6, 6.07) is 5.99. The van der Waals surface area contributed by atoms with Crippen molar-refractivity contribution in [1.29, 1.82) is 0 Å². The first kappa shape index (κ1) is 15.6. The van der Waals surface area contributed by atoms with Gasteiger partial charge in [0.15, 0.2) is 0 Å². The predicted octanol–water partition coefficient (Wildman–Crippen LogP) is 2.86. The van der Waals surface area contributed by atoms with Gasteiger partial charge in [-0.25, -0.2) is 0 Å². The van der Waals surface area contributed by atoms with E-state index in [0.29, 0.717) is 0 Å². The molecule has 0 heterocycles. The summed E-state index contributed by atoms with van der Waals surface area (Å²) in [7, 11) is -4.02. The van der Waals surface area contributed by atoms with Crippen molar-refractivity contribution in [2.45, 2.75) is 37.5 Å². The first-order valence-electron chi connectivity index (χ1n) is 5.04. The number of benzene rings is 1. The zero-order valence-corrected chi connectivity index (χ0v) is 11.7. The van der Waals surface area contributed by atoms with Crippen LogP contribution < -0.4 is 0 Å². The third kappa shape index (κ3) is 5.59. The number of hydrogen-bond donors (Lipinski definition) is 1. The summed E-state index contributed by atoms with van der Waals surface area (Å²) >= 11 is 0. The van der Waals surface area contributed by atoms with Gasteiger partial charge in [0.1, 0.15) is 0 Å². The molecule has 1 aliphatic rings. The second kappa shape index (κ2) is 7.00. The van der Waals surface area contributed by atoms with Crippen LogP contribution in [0.2, 0.25) is 0 Å². The molecule has 0 spiro atoms. The Morgan fingerprint density at radius 1 is 1.00 bits per heavy atom. The van der Waals surface area contributed by atoms with E-state index in [1.165, 1.54) is 37.8 Å². The van der Waals surface area contributed by atoms with Crippen LogP contribution in [0.1, 0.15) is 31.2 Å². The van der Waals surface area contributed by atoms with Crippen LogP contribution in [-0.2, 0) is 10.1 Å². The summed E-state index contributed by atoms with van der Waals surface area (Å²) in [6.07, 6.45) is 6.00. The van der Waals surface area contributed by atoms with Crippen molar-refractivity contribution in [3.8, 4) is 0 Å². The summed E-state index contributed by atoms with van der Waals surface area (Å²) in [5.41, 5.74) is 0.956. The lowest BCUT2D eigenvalue weighted by atomic mass is 10.0. The summed E-state index contributed by atoms with van der Waals surface area (Å²) in [5.74, 6) is 0. The third-order valence-electron chi connectivity index (χ3n) is 2.32. The van der Waals surface area contributed by atoms with Crippen LogP contribution in [0.25, 0.3) is 0 Å². The molecular weight excluding hydrogens is 243 g/mol. The standard InChI is InChI=1S/C7H8O3S.C4H8.H3P/c1-6-2-4-7(5-3-6)11(8,9)10;1-2-4-3-1;/h2-5H,1H3,(H,8,9,10);1-4H2;1H3. The molecule has 1 N–H and O–H groups in total. The smallest absolute Gasteiger partial charge is 0.282 e. The van der Waals surface area contributed by atoms with Gasteiger partial charge in [0.25, 0.3) is 10.1 Å². The second-order valence-corrected chi connectivity index (χ2v) is 5.12. The minimum absolute atomic E-state index is 0. The van der Waals surface area contributed by atoms with E-state index < -0.39 is 10.1 Å². The quantitative estimate of drug-likeness (QED) is 0.625. The Hall–Kier alpha value is -0.440. The van der Waals surface area contributed by atoms with Gasteiger partial charge in [-0.15, -0.1) is 0 Å². The van der Waals surface area contributed by atoms with E-state index in [1.54, 1.807) is 12.1 Å². The van der Waals surface area contributed by atoms with E-state index in [0.717, 1.165) is 5.56 Å². The van der Waals surface area contributed by atoms with E-state index in [2.05, 4.69) is 0 Å². The van der Waals surface area contributed by atoms with Crippen LogP contribution in [0.5, 0.6) is 0 Å². The topological polar surface area (TPSA) is 54.4 Å². The Bertz CT molecular complexity index is 390. The molecule has 0 aromatic heterocycles. The van der Waals surface area contributed by atoms with Gasteiger partial charge in [-0.05, 0) is 19.1 Å². The Morgan fingerprint density at radius 2 is 1.38 bits per heavy atom. The van der Waals surface area contributed by atoms with E-state index in [4.69, 9.17) is 4.55 Å². The Morgan fingerprint density at radius 3 is 1.62 bits per heavy atom. The van der Waals surface area contributed by atoms with Gasteiger partial charge >= 0.3 is 0 Å². The summed E-state index contributed by atoms with van der Waals surface area (Å²) in [4.78, 5) is -0.0666. The number of rotatable bonds is 1. The highest BCUT2D eigenvalue weighted by atomic mass is 32.2. The van der Waals surface area contributed by atoms with Crippen molar-refractivity contribution in [1.82, 2.24) is 0 Å². The van der Waals surface area contributed by atoms with E-state index >= 15 is 0 Å². The van der Waals surface area contributed by atoms with Crippen molar-refractivity contribution in [3.05, 3.63) is 29.8 Å². The van der Waals surface area contributed by atoms with E-state index in [1.807, 2.05) is 6.92 Å². The second-order valence-electron chi connectivity index (χ2n) is 3.70. The minimum Gasteiger partial charge on any atom is -0.282 e. The van der Waals surface area contributed by atoms with Crippen LogP contribution in [0, 0.1) is 6.92 Å². The maximum absolute atomic E-state index is 10.5. The van der Waals surface area contributed by atoms with Crippen molar-refractivity contribution >= 4 is 20.0 Å². The fourth-order valence-electron chi connectivity index (χ4n) is 0.960. The average molecular weight is 262 g/mol. The molecule has 1 fully saturated rings. The minimum atomic E-state index is -4.02. The molecule has 0 radical (unpaired) electrons. The van der Waals surface area contributed by atoms with Crippen LogP contribution in [0.15, 0.2) is 29.2 Å². The lowest BCUT2D eigenvalue weighted by molar-refractivity contribution is 0.483. The van der Waals surface area contributed by atoms with E-state index in [-0.39, 0.29) is 14.8 Å². The van der Waals surface area contributed by atoms with Gasteiger partial charge in [0.2, 0.25) is 0 Å². The third-order valence-corrected chi connectivity index (χ3v) is 3.19. The molecule has 1 aliphatic carbocycles. The zero-order valence-electron chi connectivity index (χ0n) is 9.52. The molecular formula is C11H19O3PS. The highest BCUT2D eigenvalue weighted by Crippen LogP contribution is 2.15. The number of aryl methyl sites for hydroxylation is 1. The molecule has 2 rings (SSSR count). The molecule has 0 bridgehead atoms. The highest BCUT2D eigenvalue weighted by Gasteiger charge is 2.06. The molecule has 16 heavy (non-hydrogen) atoms. The van der Waals surface area contributed by atoms with Gasteiger partial charge in [0, 0.05) is 0 Å². The van der Waals surface area contributed by atoms with Crippen molar-refractivity contribution in [3.63, 3.8) is 0 Å². The van der Waals surface area contributed by atoms with Gasteiger partial charge in [-0.2, -0.15) is 18.3 Å². The maximum Gasteiger partial charge on any atom is 0.294 e. The van der Waals surface area contributed by atoms with Crippen LogP contribution >= 0.6 is 9.90 Å². The summed E-state index contributed by atoms with van der Waals surface area (Å²) in [5, 5.41) is 0. The van der Waals surface area contributed by atoms with Gasteiger partial charge < -0.3 is 0 Å². The monoisotopic (exact) mass is 262 g/mol. The number of hydrogen-bond acceptors (Lipinski definition) is 2. The van der Waals surface area contributed by atoms with Crippen molar-refractivity contribution in [2.75, 3.05) is 0 Å². The van der Waals surface area contributed by atoms with Crippen LogP contribution in [-0.4, -0.2) is 13.0 Å². The first-order valence-corrected chi connectivity index (χ1v) is 6.48. The molecule has 0 saturated heterocycles. The molecule has 1 saturated carbocycles. The fourth-order valence-corrected chi connectivity index (χ4v) is 1.44. The SMILES string of the molecule is C1CCC1.Cc1ccc(S(=O)(=O)O)cc1.P. The molecule has 1 atom stereocenters. The molecule has 92 valence electrons. The van der Waals surface area contributed by atoms with Gasteiger partial charge in [-0.3, -0.25) is 4.55 Å². The summed E-state index contributed by atoms with van der Waals surface area (Å²) in [6.45, 7) is 1.84. The van der Waals surface area contributed by atoms with Gasteiger partial charge in [-0.1, -0.05) is 43.4 Å². The normalized spacial score (nSPS) is 13.9.